The van der Waals surface area contributed by atoms with Gasteiger partial charge in [0.25, 0.3) is 0 Å². The number of rotatable bonds is 5. The standard InChI is InChI=1S/C19H28.2CH4/c1-6-10-17-15(8-3)16(9-4)19-14(7-2)11-13(5)12-18(17)19;;/h8,11,13,16H,3,6-7,9-10,12H2,1-2,4-5H3;2*1H4. The Kier molecular flexibility index (Phi) is 8.00. The van der Waals surface area contributed by atoms with Crippen molar-refractivity contribution in [2.75, 3.05) is 0 Å². The van der Waals surface area contributed by atoms with E-state index in [2.05, 4.69) is 46.4 Å². The third kappa shape index (κ3) is 3.42. The van der Waals surface area contributed by atoms with Crippen LogP contribution in [0.4, 0.5) is 0 Å². The van der Waals surface area contributed by atoms with Crippen LogP contribution in [0.3, 0.4) is 0 Å². The van der Waals surface area contributed by atoms with Crippen molar-refractivity contribution in [1.29, 1.82) is 0 Å². The van der Waals surface area contributed by atoms with Gasteiger partial charge in [0.05, 0.1) is 0 Å². The van der Waals surface area contributed by atoms with Gasteiger partial charge in [-0.2, -0.15) is 0 Å². The lowest BCUT2D eigenvalue weighted by Crippen LogP contribution is -2.10. The highest BCUT2D eigenvalue weighted by atomic mass is 14.4. The molecule has 0 fully saturated rings. The normalized spacial score (nSPS) is 24.1. The van der Waals surface area contributed by atoms with Gasteiger partial charge in [-0.3, -0.25) is 0 Å². The quantitative estimate of drug-likeness (QED) is 0.499. The van der Waals surface area contributed by atoms with Gasteiger partial charge in [-0.1, -0.05) is 67.7 Å². The van der Waals surface area contributed by atoms with Crippen molar-refractivity contribution in [2.24, 2.45) is 11.8 Å². The molecule has 120 valence electrons. The molecule has 2 aliphatic carbocycles. The summed E-state index contributed by atoms with van der Waals surface area (Å²) in [6.45, 7) is 13.4. The van der Waals surface area contributed by atoms with Crippen LogP contribution >= 0.6 is 0 Å². The minimum Gasteiger partial charge on any atom is -0.0988 e. The molecule has 21 heavy (non-hydrogen) atoms. The molecule has 0 N–H and O–H groups in total. The van der Waals surface area contributed by atoms with Crippen molar-refractivity contribution in [3.63, 3.8) is 0 Å². The third-order valence-corrected chi connectivity index (χ3v) is 4.63. The maximum Gasteiger partial charge on any atom is 0.00947 e. The molecule has 2 unspecified atom stereocenters. The van der Waals surface area contributed by atoms with E-state index in [4.69, 9.17) is 0 Å². The lowest BCUT2D eigenvalue weighted by molar-refractivity contribution is 0.654. The SMILES string of the molecule is C.C.C=CC1=C(CCC)C2=C(C(CC)=CC(C)C2)C1CC. The summed E-state index contributed by atoms with van der Waals surface area (Å²) in [5.74, 6) is 1.31. The van der Waals surface area contributed by atoms with Gasteiger partial charge in [0, 0.05) is 5.92 Å². The monoisotopic (exact) mass is 288 g/mol. The fourth-order valence-electron chi connectivity index (χ4n) is 3.92. The first-order valence-corrected chi connectivity index (χ1v) is 7.97. The van der Waals surface area contributed by atoms with E-state index in [1.54, 1.807) is 22.3 Å². The molecule has 2 atom stereocenters. The van der Waals surface area contributed by atoms with Gasteiger partial charge in [0.2, 0.25) is 0 Å². The summed E-state index contributed by atoms with van der Waals surface area (Å²) in [7, 11) is 0. The van der Waals surface area contributed by atoms with E-state index in [-0.39, 0.29) is 14.9 Å². The topological polar surface area (TPSA) is 0 Å². The van der Waals surface area contributed by atoms with Crippen LogP contribution in [-0.4, -0.2) is 0 Å². The van der Waals surface area contributed by atoms with Crippen LogP contribution in [0.2, 0.25) is 0 Å². The molecule has 0 aromatic rings. The van der Waals surface area contributed by atoms with Crippen LogP contribution in [-0.2, 0) is 0 Å². The summed E-state index contributed by atoms with van der Waals surface area (Å²) in [6, 6.07) is 0. The Morgan fingerprint density at radius 3 is 2.38 bits per heavy atom. The van der Waals surface area contributed by atoms with Crippen LogP contribution < -0.4 is 0 Å². The predicted octanol–water partition coefficient (Wildman–Crippen LogP) is 7.25. The van der Waals surface area contributed by atoms with Crippen molar-refractivity contribution >= 4 is 0 Å². The zero-order valence-electron chi connectivity index (χ0n) is 13.1. The first-order chi connectivity index (χ1) is 9.17. The second-order valence-electron chi connectivity index (χ2n) is 5.97. The van der Waals surface area contributed by atoms with Crippen LogP contribution in [0.5, 0.6) is 0 Å². The summed E-state index contributed by atoms with van der Waals surface area (Å²) >= 11 is 0. The van der Waals surface area contributed by atoms with Gasteiger partial charge in [-0.25, -0.2) is 0 Å². The van der Waals surface area contributed by atoms with Crippen LogP contribution in [0.15, 0.2) is 46.6 Å². The molecule has 0 aliphatic heterocycles. The van der Waals surface area contributed by atoms with Crippen molar-refractivity contribution in [3.8, 4) is 0 Å². The summed E-state index contributed by atoms with van der Waals surface area (Å²) in [5, 5.41) is 0. The molecule has 0 nitrogen and oxygen atoms in total. The Morgan fingerprint density at radius 1 is 1.24 bits per heavy atom. The first-order valence-electron chi connectivity index (χ1n) is 7.97. The van der Waals surface area contributed by atoms with E-state index in [0.717, 1.165) is 0 Å². The molecule has 0 saturated heterocycles. The average molecular weight is 289 g/mol. The number of hydrogen-bond donors (Lipinski definition) is 0. The van der Waals surface area contributed by atoms with E-state index in [0.29, 0.717) is 11.8 Å². The largest absolute Gasteiger partial charge is 0.0988 e. The predicted molar refractivity (Wildman–Crippen MR) is 98.6 cm³/mol. The van der Waals surface area contributed by atoms with Gasteiger partial charge < -0.3 is 0 Å². The minimum atomic E-state index is 0. The molecule has 2 rings (SSSR count). The number of hydrogen-bond acceptors (Lipinski definition) is 0. The highest BCUT2D eigenvalue weighted by Gasteiger charge is 2.34. The molecule has 0 aromatic heterocycles. The second-order valence-corrected chi connectivity index (χ2v) is 5.97. The van der Waals surface area contributed by atoms with Gasteiger partial charge in [-0.15, -0.1) is 0 Å². The van der Waals surface area contributed by atoms with E-state index >= 15 is 0 Å². The Balaban J connectivity index is 0.00000200. The third-order valence-electron chi connectivity index (χ3n) is 4.63. The molecule has 0 amide bonds. The van der Waals surface area contributed by atoms with Crippen molar-refractivity contribution in [2.45, 2.75) is 74.7 Å². The molecule has 2 aliphatic rings. The van der Waals surface area contributed by atoms with Gasteiger partial charge in [0.1, 0.15) is 0 Å². The summed E-state index contributed by atoms with van der Waals surface area (Å²) in [4.78, 5) is 0. The number of allylic oxidation sites excluding steroid dienone is 7. The Labute approximate surface area is 133 Å². The minimum absolute atomic E-state index is 0. The molecule has 0 aromatic carbocycles. The van der Waals surface area contributed by atoms with E-state index in [1.165, 1.54) is 37.7 Å². The van der Waals surface area contributed by atoms with Crippen molar-refractivity contribution in [3.05, 3.63) is 46.6 Å². The first kappa shape index (κ1) is 20.0. The van der Waals surface area contributed by atoms with E-state index in [9.17, 15) is 0 Å². The van der Waals surface area contributed by atoms with E-state index in [1.807, 2.05) is 0 Å². The Morgan fingerprint density at radius 2 is 1.90 bits per heavy atom. The van der Waals surface area contributed by atoms with Crippen LogP contribution in [0.1, 0.15) is 74.7 Å². The summed E-state index contributed by atoms with van der Waals surface area (Å²) in [5.41, 5.74) is 8.11. The summed E-state index contributed by atoms with van der Waals surface area (Å²) < 4.78 is 0. The zero-order chi connectivity index (χ0) is 14.0. The fraction of sp³-hybridized carbons (Fsp3) is 0.619. The smallest absolute Gasteiger partial charge is 0.00947 e. The average Bonchev–Trinajstić information content (AvgIpc) is 2.71. The fourth-order valence-corrected chi connectivity index (χ4v) is 3.92. The second kappa shape index (κ2) is 8.41. The molecule has 0 heteroatoms. The Hall–Kier alpha value is -1.04. The van der Waals surface area contributed by atoms with Crippen molar-refractivity contribution < 1.29 is 0 Å². The maximum atomic E-state index is 4.10. The zero-order valence-corrected chi connectivity index (χ0v) is 13.1. The van der Waals surface area contributed by atoms with Gasteiger partial charge >= 0.3 is 0 Å². The van der Waals surface area contributed by atoms with E-state index < -0.39 is 0 Å². The highest BCUT2D eigenvalue weighted by Crippen LogP contribution is 2.49. The summed E-state index contributed by atoms with van der Waals surface area (Å²) in [6.07, 6.45) is 10.7. The molecule has 0 saturated carbocycles. The molecular formula is C21H36. The van der Waals surface area contributed by atoms with Crippen molar-refractivity contribution in [1.82, 2.24) is 0 Å². The van der Waals surface area contributed by atoms with Gasteiger partial charge in [0.15, 0.2) is 0 Å². The van der Waals surface area contributed by atoms with Gasteiger partial charge in [-0.05, 0) is 59.5 Å². The molecular weight excluding hydrogens is 252 g/mol. The molecule has 0 radical (unpaired) electrons. The Bertz CT molecular complexity index is 456. The molecule has 0 bridgehead atoms. The molecule has 0 spiro atoms. The molecule has 0 heterocycles. The maximum absolute atomic E-state index is 4.10. The lowest BCUT2D eigenvalue weighted by atomic mass is 9.80. The lowest BCUT2D eigenvalue weighted by Gasteiger charge is -2.25. The van der Waals surface area contributed by atoms with Crippen LogP contribution in [0.25, 0.3) is 0 Å². The van der Waals surface area contributed by atoms with Crippen LogP contribution in [0, 0.1) is 11.8 Å². The highest BCUT2D eigenvalue weighted by molar-refractivity contribution is 5.61.